The highest BCUT2D eigenvalue weighted by atomic mass is 31.2. The highest BCUT2D eigenvalue weighted by Crippen LogP contribution is 2.59. The summed E-state index contributed by atoms with van der Waals surface area (Å²) in [5.41, 5.74) is 6.83. The predicted octanol–water partition coefficient (Wildman–Crippen LogP) is 4.85. The predicted molar refractivity (Wildman–Crippen MR) is 316 cm³/mol. The summed E-state index contributed by atoms with van der Waals surface area (Å²) in [7, 11) is 5.66. The summed E-state index contributed by atoms with van der Waals surface area (Å²) in [6.07, 6.45) is 0.312. The van der Waals surface area contributed by atoms with Crippen LogP contribution < -0.4 is 11.1 Å². The van der Waals surface area contributed by atoms with Crippen LogP contribution in [-0.4, -0.2) is 212 Å². The molecule has 0 radical (unpaired) electrons. The van der Waals surface area contributed by atoms with Crippen LogP contribution in [0, 0.1) is 23.2 Å². The molecule has 2 amide bonds. The number of hydrogen-bond acceptors (Lipinski definition) is 20. The molecule has 3 saturated heterocycles. The minimum atomic E-state index is -5.26. The maximum Gasteiger partial charge on any atom is 0.469 e. The summed E-state index contributed by atoms with van der Waals surface area (Å²) in [6, 6.07) is -1.06. The lowest BCUT2D eigenvalue weighted by Crippen LogP contribution is -2.62. The monoisotopic (exact) mass is 1230 g/mol. The summed E-state index contributed by atoms with van der Waals surface area (Å²) < 4.78 is 81.1. The molecule has 3 aliphatic rings. The Morgan fingerprint density at radius 2 is 1.58 bits per heavy atom. The van der Waals surface area contributed by atoms with Crippen LogP contribution in [-0.2, 0) is 61.3 Å². The SMILES string of the molecule is COC[C@@H]([C@H](O)[C@H](O)C(=O)N[C@H](C)C[C@H](C)c1nc(/C=C/C[C@@H]2O[C@@]3(C[C@H](O[C@@H]4O[C@@H](C)[C@H](OC)[C@@H](OC)[C@H]4OC)[C@@H]2C)O[C@H]([C@H](C[C@H](O)[C@H](C)[C@H](O)[C@H](C)/C=C(C)/C(C)=C/C=C/C(C)=C/C(N)=O)OC)[C@H](OP(=O)(O)O)C3(C)C)co1)N(C)C. The number of primary amides is 1. The molecule has 0 aliphatic carbocycles. The lowest BCUT2D eigenvalue weighted by atomic mass is 9.72. The van der Waals surface area contributed by atoms with Crippen LogP contribution in [0.4, 0.5) is 0 Å². The summed E-state index contributed by atoms with van der Waals surface area (Å²) >= 11 is 0. The second-order valence-corrected chi connectivity index (χ2v) is 25.3. The molecule has 4 heterocycles. The molecule has 486 valence electrons. The third kappa shape index (κ3) is 19.4. The summed E-state index contributed by atoms with van der Waals surface area (Å²) in [4.78, 5) is 51.7. The summed E-state index contributed by atoms with van der Waals surface area (Å²) in [5, 5.41) is 47.9. The number of carbonyl (C=O) groups is 2. The molecule has 0 bridgehead atoms. The number of oxazole rings is 1. The summed E-state index contributed by atoms with van der Waals surface area (Å²) in [5.74, 6) is -4.45. The van der Waals surface area contributed by atoms with Crippen LogP contribution in [0.15, 0.2) is 63.9 Å². The van der Waals surface area contributed by atoms with Gasteiger partial charge in [0, 0.05) is 89.6 Å². The van der Waals surface area contributed by atoms with Gasteiger partial charge in [-0.05, 0) is 78.8 Å². The lowest BCUT2D eigenvalue weighted by Gasteiger charge is -2.52. The fraction of sp³-hybridized carbons (Fsp3) is 0.750. The number of ether oxygens (including phenoxy) is 9. The molecule has 24 nitrogen and oxygen atoms in total. The first-order valence-electron chi connectivity index (χ1n) is 29.0. The Balaban J connectivity index is 1.65. The van der Waals surface area contributed by atoms with E-state index in [1.807, 2.05) is 59.8 Å². The quantitative estimate of drug-likeness (QED) is 0.0271. The largest absolute Gasteiger partial charge is 0.469 e. The molecule has 3 aliphatic heterocycles. The van der Waals surface area contributed by atoms with Crippen molar-refractivity contribution in [3.8, 4) is 0 Å². The fourth-order valence-electron chi connectivity index (χ4n) is 11.7. The van der Waals surface area contributed by atoms with Gasteiger partial charge in [-0.1, -0.05) is 77.5 Å². The number of phosphoric ester groups is 1. The van der Waals surface area contributed by atoms with Crippen LogP contribution in [0.5, 0.6) is 0 Å². The van der Waals surface area contributed by atoms with Crippen molar-refractivity contribution in [3.05, 3.63) is 71.0 Å². The van der Waals surface area contributed by atoms with Gasteiger partial charge in [0.05, 0.1) is 49.3 Å². The molecule has 0 unspecified atom stereocenters. The number of nitrogens with zero attached hydrogens (tertiary/aromatic N) is 2. The van der Waals surface area contributed by atoms with E-state index in [-0.39, 0.29) is 31.8 Å². The third-order valence-electron chi connectivity index (χ3n) is 17.1. The fourth-order valence-corrected chi connectivity index (χ4v) is 12.4. The molecule has 9 N–H and O–H groups in total. The van der Waals surface area contributed by atoms with Crippen molar-refractivity contribution in [2.24, 2.45) is 28.9 Å². The van der Waals surface area contributed by atoms with Crippen molar-refractivity contribution in [3.63, 3.8) is 0 Å². The van der Waals surface area contributed by atoms with E-state index in [4.69, 9.17) is 62.3 Å². The third-order valence-corrected chi connectivity index (χ3v) is 17.6. The Kier molecular flexibility index (Phi) is 28.5. The van der Waals surface area contributed by atoms with Crippen molar-refractivity contribution in [2.45, 2.75) is 211 Å². The minimum Gasteiger partial charge on any atom is -0.448 e. The number of likely N-dealkylation sites (N-methyl/N-ethyl adjacent to an activating group) is 1. The normalized spacial score (nSPS) is 30.8. The van der Waals surface area contributed by atoms with Crippen molar-refractivity contribution in [1.82, 2.24) is 15.2 Å². The Morgan fingerprint density at radius 1 is 0.929 bits per heavy atom. The van der Waals surface area contributed by atoms with Gasteiger partial charge in [0.2, 0.25) is 5.91 Å². The van der Waals surface area contributed by atoms with E-state index in [0.29, 0.717) is 23.6 Å². The molecular formula is C60H101N4O20P. The molecule has 25 heteroatoms. The van der Waals surface area contributed by atoms with Crippen LogP contribution >= 0.6 is 7.82 Å². The van der Waals surface area contributed by atoms with Gasteiger partial charge in [-0.3, -0.25) is 14.1 Å². The second-order valence-electron chi connectivity index (χ2n) is 24.1. The molecule has 3 fully saturated rings. The Bertz CT molecular complexity index is 2480. The van der Waals surface area contributed by atoms with Crippen LogP contribution in [0.25, 0.3) is 6.08 Å². The van der Waals surface area contributed by atoms with Gasteiger partial charge in [-0.15, -0.1) is 0 Å². The van der Waals surface area contributed by atoms with Gasteiger partial charge in [-0.2, -0.15) is 0 Å². The highest BCUT2D eigenvalue weighted by Gasteiger charge is 2.68. The molecule has 4 rings (SSSR count). The number of hydrogen-bond donors (Lipinski definition) is 8. The first-order valence-corrected chi connectivity index (χ1v) is 30.6. The number of phosphoric acid groups is 1. The Morgan fingerprint density at radius 3 is 2.15 bits per heavy atom. The number of aromatic nitrogens is 1. The van der Waals surface area contributed by atoms with E-state index >= 15 is 0 Å². The van der Waals surface area contributed by atoms with Crippen molar-refractivity contribution < 1.29 is 95.9 Å². The molecule has 0 aromatic carbocycles. The van der Waals surface area contributed by atoms with Crippen LogP contribution in [0.1, 0.15) is 119 Å². The van der Waals surface area contributed by atoms with E-state index in [9.17, 15) is 44.4 Å². The Hall–Kier alpha value is -3.60. The first kappa shape index (κ1) is 73.9. The van der Waals surface area contributed by atoms with E-state index < -0.39 is 146 Å². The molecule has 85 heavy (non-hydrogen) atoms. The van der Waals surface area contributed by atoms with Gasteiger partial charge < -0.3 is 93.2 Å². The van der Waals surface area contributed by atoms with Gasteiger partial charge in [0.1, 0.15) is 48.6 Å². The number of aliphatic hydroxyl groups excluding tert-OH is 4. The van der Waals surface area contributed by atoms with E-state index in [1.54, 1.807) is 86.1 Å². The lowest BCUT2D eigenvalue weighted by molar-refractivity contribution is -0.366. The first-order chi connectivity index (χ1) is 39.7. The van der Waals surface area contributed by atoms with Crippen molar-refractivity contribution in [2.75, 3.05) is 56.3 Å². The number of aliphatic hydroxyl groups is 4. The number of nitrogens with two attached hydrogens (primary N) is 1. The summed E-state index contributed by atoms with van der Waals surface area (Å²) in [6.45, 7) is 20.1. The maximum absolute atomic E-state index is 13.0. The molecular weight excluding hydrogens is 1130 g/mol. The number of nitrogens with one attached hydrogen (secondary N) is 1. The minimum absolute atomic E-state index is 0.00700. The van der Waals surface area contributed by atoms with Gasteiger partial charge in [0.15, 0.2) is 24.1 Å². The number of amides is 2. The standard InChI is InChI=1S/C60H101N4O20P/c1-32(25-47(61)66)21-19-22-33(2)34(3)26-35(4)48(67)38(7)43(65)28-45(75-15)52-55(84-85(71,72)73)59(10,11)60(83-52)29-46(81-58-54(78-18)53(77-17)51(76-16)40(9)80-58)39(8)44(82-60)24-20-23-41-30-79-57(63-41)36(5)27-37(6)62-56(70)50(69)49(68)42(31-74-14)64(12)13/h19-23,25-26,30,35-40,42-46,48-55,58,65,67-69H,24,27-29,31H2,1-18H3,(H2,61,66)(H,62,70)(H2,71,72,73)/b21-19+,23-20+,32-25+,33-22+,34-26+/t35-,36+,37-,38+,39-,40+,42+,43+,44+,45+,46+,48-,49+,50+,51+,52-,53-,54-,55+,58+,60+/m1/s1. The zero-order valence-corrected chi connectivity index (χ0v) is 53.9. The highest BCUT2D eigenvalue weighted by molar-refractivity contribution is 7.46. The van der Waals surface area contributed by atoms with Crippen LogP contribution in [0.2, 0.25) is 0 Å². The van der Waals surface area contributed by atoms with Gasteiger partial charge in [0.25, 0.3) is 5.91 Å². The average molecular weight is 1230 g/mol. The van der Waals surface area contributed by atoms with Gasteiger partial charge in [-0.25, -0.2) is 9.55 Å². The molecule has 1 aromatic rings. The zero-order chi connectivity index (χ0) is 64.1. The topological polar surface area (TPSA) is 332 Å². The van der Waals surface area contributed by atoms with Crippen molar-refractivity contribution >= 4 is 25.7 Å². The van der Waals surface area contributed by atoms with E-state index in [2.05, 4.69) is 5.32 Å². The second kappa shape index (κ2) is 32.8. The molecule has 0 saturated carbocycles. The maximum atomic E-state index is 13.0. The van der Waals surface area contributed by atoms with Crippen molar-refractivity contribution in [1.29, 1.82) is 0 Å². The average Bonchev–Trinajstić information content (AvgIpc) is 1.76. The number of rotatable bonds is 32. The zero-order valence-electron chi connectivity index (χ0n) is 53.0. The number of carbonyl (C=O) groups excluding carboxylic acids is 2. The van der Waals surface area contributed by atoms with Crippen LogP contribution in [0.3, 0.4) is 0 Å². The Labute approximate surface area is 502 Å². The van der Waals surface area contributed by atoms with Gasteiger partial charge >= 0.3 is 7.82 Å². The number of methoxy groups -OCH3 is 5. The number of allylic oxidation sites excluding steroid dienone is 6. The smallest absolute Gasteiger partial charge is 0.448 e. The van der Waals surface area contributed by atoms with E-state index in [1.165, 1.54) is 33.7 Å². The molecule has 21 atom stereocenters. The molecule has 1 aromatic heterocycles. The van der Waals surface area contributed by atoms with E-state index in [0.717, 1.165) is 11.1 Å². The molecule has 1 spiro atoms.